The number of nitrogens with zero attached hydrogens (tertiary/aromatic N) is 4. The number of benzene rings is 2. The van der Waals surface area contributed by atoms with Crippen LogP contribution in [0.4, 0.5) is 0 Å². The molecule has 196 valence electrons. The highest BCUT2D eigenvalue weighted by molar-refractivity contribution is 6.42. The molecule has 0 bridgehead atoms. The van der Waals surface area contributed by atoms with Crippen LogP contribution in [0.2, 0.25) is 10.0 Å². The second kappa shape index (κ2) is 10.3. The lowest BCUT2D eigenvalue weighted by Gasteiger charge is -2.29. The van der Waals surface area contributed by atoms with Crippen molar-refractivity contribution >= 4 is 40.5 Å². The van der Waals surface area contributed by atoms with Gasteiger partial charge in [0.1, 0.15) is 17.2 Å². The van der Waals surface area contributed by atoms with Gasteiger partial charge in [0.25, 0.3) is 11.5 Å². The van der Waals surface area contributed by atoms with E-state index in [9.17, 15) is 14.4 Å². The number of Topliss-reactive ketones (excluding diaryl/α,β-unsaturated/α-hetero) is 1. The van der Waals surface area contributed by atoms with Gasteiger partial charge in [0.15, 0.2) is 0 Å². The summed E-state index contributed by atoms with van der Waals surface area (Å²) in [5.74, 6) is 0.325. The van der Waals surface area contributed by atoms with Crippen LogP contribution in [0.3, 0.4) is 0 Å². The van der Waals surface area contributed by atoms with Crippen LogP contribution in [0.15, 0.2) is 53.5 Å². The monoisotopic (exact) mass is 552 g/mol. The van der Waals surface area contributed by atoms with Crippen molar-refractivity contribution in [3.05, 3.63) is 91.4 Å². The third-order valence-corrected chi connectivity index (χ3v) is 7.60. The molecule has 1 aliphatic heterocycles. The fourth-order valence-electron chi connectivity index (χ4n) is 4.69. The fraction of sp³-hybridized carbons (Fsp3) is 0.286. The van der Waals surface area contributed by atoms with Crippen molar-refractivity contribution in [3.63, 3.8) is 0 Å². The summed E-state index contributed by atoms with van der Waals surface area (Å²) in [5.41, 5.74) is 3.21. The molecule has 5 rings (SSSR count). The lowest BCUT2D eigenvalue weighted by Crippen LogP contribution is -2.41. The molecule has 8 nitrogen and oxygen atoms in total. The van der Waals surface area contributed by atoms with Crippen LogP contribution in [0.25, 0.3) is 11.3 Å². The Morgan fingerprint density at radius 1 is 1.08 bits per heavy atom. The highest BCUT2D eigenvalue weighted by Gasteiger charge is 2.29. The smallest absolute Gasteiger partial charge is 0.261 e. The molecule has 0 saturated carbocycles. The van der Waals surface area contributed by atoms with E-state index in [0.29, 0.717) is 62.5 Å². The number of rotatable bonds is 6. The summed E-state index contributed by atoms with van der Waals surface area (Å²) >= 11 is 12.2. The molecule has 4 aromatic rings. The Kier molecular flexibility index (Phi) is 7.03. The highest BCUT2D eigenvalue weighted by atomic mass is 35.5. The first-order valence-corrected chi connectivity index (χ1v) is 13.0. The van der Waals surface area contributed by atoms with Crippen LogP contribution >= 0.6 is 23.2 Å². The third-order valence-electron chi connectivity index (χ3n) is 6.86. The van der Waals surface area contributed by atoms with E-state index in [1.165, 1.54) is 0 Å². The second-order valence-corrected chi connectivity index (χ2v) is 10.4. The molecule has 0 spiro atoms. The molecular weight excluding hydrogens is 527 g/mol. The average molecular weight is 553 g/mol. The SMILES string of the molecule is COc1ccc(-n2c(=O)c3c(n4ncc(CC(=O)C(C)C)c24)CN(C(=O)c2ccc(Cl)c(Cl)c2)CC3)cc1. The standard InChI is InChI=1S/C28H26Cl2N4O4/c1-16(2)25(35)13-18-14-31-34-24-15-32(27(36)17-4-9-22(29)23(30)12-17)11-10-21(24)28(37)33(26(18)34)19-5-7-20(38-3)8-6-19/h4-9,12,14,16H,10-11,13,15H2,1-3H3. The molecule has 3 heterocycles. The maximum absolute atomic E-state index is 14.0. The summed E-state index contributed by atoms with van der Waals surface area (Å²) in [6.07, 6.45) is 2.13. The Morgan fingerprint density at radius 3 is 2.47 bits per heavy atom. The van der Waals surface area contributed by atoms with Crippen LogP contribution < -0.4 is 10.3 Å². The molecule has 0 radical (unpaired) electrons. The van der Waals surface area contributed by atoms with Crippen molar-refractivity contribution in [2.75, 3.05) is 13.7 Å². The van der Waals surface area contributed by atoms with Gasteiger partial charge in [0.2, 0.25) is 0 Å². The quantitative estimate of drug-likeness (QED) is 0.344. The number of methoxy groups -OCH3 is 1. The van der Waals surface area contributed by atoms with E-state index >= 15 is 0 Å². The predicted molar refractivity (Wildman–Crippen MR) is 146 cm³/mol. The van der Waals surface area contributed by atoms with Crippen LogP contribution in [-0.2, 0) is 24.2 Å². The van der Waals surface area contributed by atoms with Gasteiger partial charge in [0, 0.05) is 35.6 Å². The number of ether oxygens (including phenoxy) is 1. The molecular formula is C28H26Cl2N4O4. The van der Waals surface area contributed by atoms with Crippen LogP contribution in [0.5, 0.6) is 5.75 Å². The lowest BCUT2D eigenvalue weighted by atomic mass is 10.0. The summed E-state index contributed by atoms with van der Waals surface area (Å²) < 4.78 is 8.58. The molecule has 0 saturated heterocycles. The number of halogens is 2. The van der Waals surface area contributed by atoms with Gasteiger partial charge in [-0.2, -0.15) is 5.10 Å². The van der Waals surface area contributed by atoms with Crippen LogP contribution in [0, 0.1) is 5.92 Å². The van der Waals surface area contributed by atoms with Gasteiger partial charge in [-0.3, -0.25) is 19.0 Å². The number of carbonyl (C=O) groups excluding carboxylic acids is 2. The van der Waals surface area contributed by atoms with Crippen LogP contribution in [-0.4, -0.2) is 44.4 Å². The molecule has 1 aliphatic rings. The van der Waals surface area contributed by atoms with Crippen molar-refractivity contribution in [1.29, 1.82) is 0 Å². The van der Waals surface area contributed by atoms with Gasteiger partial charge in [-0.05, 0) is 48.9 Å². The largest absolute Gasteiger partial charge is 0.497 e. The summed E-state index contributed by atoms with van der Waals surface area (Å²) in [6.45, 7) is 4.23. The van der Waals surface area contributed by atoms with Crippen LogP contribution in [0.1, 0.15) is 41.0 Å². The first-order chi connectivity index (χ1) is 18.2. The number of fused-ring (bicyclic) bond motifs is 3. The Balaban J connectivity index is 1.65. The maximum Gasteiger partial charge on any atom is 0.261 e. The van der Waals surface area contributed by atoms with Gasteiger partial charge < -0.3 is 9.64 Å². The number of amides is 1. The summed E-state index contributed by atoms with van der Waals surface area (Å²) in [6, 6.07) is 11.9. The van der Waals surface area contributed by atoms with Crippen molar-refractivity contribution in [1.82, 2.24) is 19.1 Å². The number of hydrogen-bond acceptors (Lipinski definition) is 5. The second-order valence-electron chi connectivity index (χ2n) is 9.57. The minimum atomic E-state index is -0.218. The molecule has 0 atom stereocenters. The van der Waals surface area contributed by atoms with Crippen molar-refractivity contribution < 1.29 is 14.3 Å². The molecule has 10 heteroatoms. The van der Waals surface area contributed by atoms with E-state index in [4.69, 9.17) is 27.9 Å². The van der Waals surface area contributed by atoms with E-state index in [1.54, 1.807) is 69.8 Å². The first-order valence-electron chi connectivity index (χ1n) is 12.2. The Morgan fingerprint density at radius 2 is 1.82 bits per heavy atom. The molecule has 0 aliphatic carbocycles. The third kappa shape index (κ3) is 4.59. The summed E-state index contributed by atoms with van der Waals surface area (Å²) in [5, 5.41) is 5.27. The molecule has 0 N–H and O–H groups in total. The number of carbonyl (C=O) groups is 2. The van der Waals surface area contributed by atoms with E-state index < -0.39 is 0 Å². The van der Waals surface area contributed by atoms with E-state index in [0.717, 1.165) is 0 Å². The number of hydrogen-bond donors (Lipinski definition) is 0. The summed E-state index contributed by atoms with van der Waals surface area (Å²) in [7, 11) is 1.58. The minimum Gasteiger partial charge on any atom is -0.497 e. The zero-order chi connectivity index (χ0) is 27.1. The van der Waals surface area contributed by atoms with Crippen molar-refractivity contribution in [2.45, 2.75) is 33.2 Å². The van der Waals surface area contributed by atoms with E-state index in [1.807, 2.05) is 13.8 Å². The van der Waals surface area contributed by atoms with Gasteiger partial charge in [-0.15, -0.1) is 0 Å². The minimum absolute atomic E-state index is 0.0442. The zero-order valence-corrected chi connectivity index (χ0v) is 22.7. The van der Waals surface area contributed by atoms with Gasteiger partial charge in [0.05, 0.1) is 41.3 Å². The lowest BCUT2D eigenvalue weighted by molar-refractivity contribution is -0.121. The maximum atomic E-state index is 14.0. The first kappa shape index (κ1) is 26.0. The van der Waals surface area contributed by atoms with E-state index in [-0.39, 0.29) is 36.1 Å². The Bertz CT molecular complexity index is 1620. The molecule has 2 aromatic carbocycles. The van der Waals surface area contributed by atoms with Crippen molar-refractivity contribution in [3.8, 4) is 11.4 Å². The van der Waals surface area contributed by atoms with E-state index in [2.05, 4.69) is 5.10 Å². The molecule has 1 amide bonds. The number of aromatic nitrogens is 3. The predicted octanol–water partition coefficient (Wildman–Crippen LogP) is 4.77. The topological polar surface area (TPSA) is 85.9 Å². The molecule has 0 fully saturated rings. The van der Waals surface area contributed by atoms with Gasteiger partial charge >= 0.3 is 0 Å². The highest BCUT2D eigenvalue weighted by Crippen LogP contribution is 2.27. The van der Waals surface area contributed by atoms with Crippen molar-refractivity contribution in [2.24, 2.45) is 5.92 Å². The average Bonchev–Trinajstić information content (AvgIpc) is 3.33. The fourth-order valence-corrected chi connectivity index (χ4v) is 4.98. The molecule has 38 heavy (non-hydrogen) atoms. The molecule has 0 unspecified atom stereocenters. The summed E-state index contributed by atoms with van der Waals surface area (Å²) in [4.78, 5) is 41.6. The van der Waals surface area contributed by atoms with Gasteiger partial charge in [-0.1, -0.05) is 37.0 Å². The zero-order valence-electron chi connectivity index (χ0n) is 21.2. The Labute approximate surface area is 229 Å². The molecule has 2 aromatic heterocycles. The normalized spacial score (nSPS) is 13.2. The Hall–Kier alpha value is -3.62. The van der Waals surface area contributed by atoms with Gasteiger partial charge in [-0.25, -0.2) is 4.52 Å². The number of ketones is 1.